The second-order valence-corrected chi connectivity index (χ2v) is 6.52. The molecule has 0 aromatic heterocycles. The van der Waals surface area contributed by atoms with Crippen LogP contribution in [0.15, 0.2) is 18.2 Å². The van der Waals surface area contributed by atoms with Gasteiger partial charge in [0, 0.05) is 11.6 Å². The number of nitrogens with zero attached hydrogens (tertiary/aromatic N) is 1. The number of aryl methyl sites for hydroxylation is 1. The quantitative estimate of drug-likeness (QED) is 0.863. The number of likely N-dealkylation sites (N-methyl/N-ethyl adjacent to an activating group) is 1. The minimum absolute atomic E-state index is 0.129. The summed E-state index contributed by atoms with van der Waals surface area (Å²) in [5.74, 6) is -0.134. The third-order valence-electron chi connectivity index (χ3n) is 5.38. The van der Waals surface area contributed by atoms with Gasteiger partial charge < -0.3 is 5.32 Å². The molecule has 1 heterocycles. The molecule has 1 aromatic rings. The fraction of sp³-hybridized carbons (Fsp3) is 0.667. The highest BCUT2D eigenvalue weighted by atomic mass is 19.1. The molecule has 0 radical (unpaired) electrons. The predicted octanol–water partition coefficient (Wildman–Crippen LogP) is 3.53. The Bertz CT molecular complexity index is 468. The van der Waals surface area contributed by atoms with Gasteiger partial charge in [0.1, 0.15) is 5.82 Å². The highest BCUT2D eigenvalue weighted by molar-refractivity contribution is 5.28. The summed E-state index contributed by atoms with van der Waals surface area (Å²) in [4.78, 5) is 2.61. The first-order valence-electron chi connectivity index (χ1n) is 8.18. The van der Waals surface area contributed by atoms with E-state index < -0.39 is 0 Å². The summed E-state index contributed by atoms with van der Waals surface area (Å²) in [5.41, 5.74) is 2.43. The summed E-state index contributed by atoms with van der Waals surface area (Å²) in [7, 11) is 2.03. The summed E-state index contributed by atoms with van der Waals surface area (Å²) < 4.78 is 13.6. The molecule has 0 aliphatic carbocycles. The topological polar surface area (TPSA) is 15.3 Å². The Morgan fingerprint density at radius 2 is 2.00 bits per heavy atom. The van der Waals surface area contributed by atoms with Crippen molar-refractivity contribution < 1.29 is 4.39 Å². The van der Waals surface area contributed by atoms with Gasteiger partial charge in [0.2, 0.25) is 0 Å². The van der Waals surface area contributed by atoms with Gasteiger partial charge >= 0.3 is 0 Å². The molecule has 1 N–H and O–H groups in total. The average Bonchev–Trinajstić information content (AvgIpc) is 3.02. The van der Waals surface area contributed by atoms with Crippen molar-refractivity contribution in [3.05, 3.63) is 35.1 Å². The Balaban J connectivity index is 2.22. The van der Waals surface area contributed by atoms with Crippen LogP contribution in [-0.4, -0.2) is 36.6 Å². The monoisotopic (exact) mass is 292 g/mol. The number of benzene rings is 1. The molecule has 3 heteroatoms. The lowest BCUT2D eigenvalue weighted by atomic mass is 9.83. The first-order valence-corrected chi connectivity index (χ1v) is 8.18. The lowest BCUT2D eigenvalue weighted by Crippen LogP contribution is -2.58. The number of rotatable bonds is 6. The number of hydrogen-bond acceptors (Lipinski definition) is 2. The molecule has 2 unspecified atom stereocenters. The van der Waals surface area contributed by atoms with Gasteiger partial charge in [-0.2, -0.15) is 0 Å². The number of likely N-dealkylation sites (tertiary alicyclic amines) is 1. The van der Waals surface area contributed by atoms with Crippen molar-refractivity contribution in [2.75, 3.05) is 20.1 Å². The largest absolute Gasteiger partial charge is 0.315 e. The number of halogens is 1. The summed E-state index contributed by atoms with van der Waals surface area (Å²) >= 11 is 0. The highest BCUT2D eigenvalue weighted by Crippen LogP contribution is 2.30. The Hall–Kier alpha value is -0.930. The normalized spacial score (nSPS) is 20.4. The van der Waals surface area contributed by atoms with Crippen molar-refractivity contribution in [2.24, 2.45) is 0 Å². The van der Waals surface area contributed by atoms with E-state index in [9.17, 15) is 4.39 Å². The zero-order valence-corrected chi connectivity index (χ0v) is 13.9. The van der Waals surface area contributed by atoms with Crippen LogP contribution in [0.4, 0.5) is 4.39 Å². The van der Waals surface area contributed by atoms with Crippen LogP contribution in [0.5, 0.6) is 0 Å². The van der Waals surface area contributed by atoms with Crippen molar-refractivity contribution in [3.8, 4) is 0 Å². The van der Waals surface area contributed by atoms with E-state index in [1.54, 1.807) is 12.1 Å². The average molecular weight is 292 g/mol. The van der Waals surface area contributed by atoms with E-state index in [0.717, 1.165) is 18.4 Å². The zero-order valence-electron chi connectivity index (χ0n) is 13.9. The minimum Gasteiger partial charge on any atom is -0.315 e. The van der Waals surface area contributed by atoms with Crippen LogP contribution in [0.25, 0.3) is 0 Å². The fourth-order valence-corrected chi connectivity index (χ4v) is 3.63. The van der Waals surface area contributed by atoms with Gasteiger partial charge in [-0.25, -0.2) is 4.39 Å². The molecular formula is C18H29FN2. The number of hydrogen-bond donors (Lipinski definition) is 1. The summed E-state index contributed by atoms with van der Waals surface area (Å²) in [6, 6.07) is 5.46. The Kier molecular flexibility index (Phi) is 5.39. The molecule has 1 fully saturated rings. The van der Waals surface area contributed by atoms with Crippen molar-refractivity contribution in [1.29, 1.82) is 0 Å². The van der Waals surface area contributed by atoms with Crippen LogP contribution in [0.2, 0.25) is 0 Å². The van der Waals surface area contributed by atoms with Gasteiger partial charge in [-0.05, 0) is 82.9 Å². The molecule has 1 saturated heterocycles. The summed E-state index contributed by atoms with van der Waals surface area (Å²) in [6.07, 6.45) is 4.57. The van der Waals surface area contributed by atoms with Gasteiger partial charge in [-0.15, -0.1) is 0 Å². The molecule has 0 amide bonds. The molecule has 21 heavy (non-hydrogen) atoms. The Labute approximate surface area is 128 Å². The zero-order chi connectivity index (χ0) is 15.5. The molecule has 1 aliphatic rings. The first kappa shape index (κ1) is 16.4. The lowest BCUT2D eigenvalue weighted by Gasteiger charge is -2.44. The van der Waals surface area contributed by atoms with Crippen molar-refractivity contribution >= 4 is 0 Å². The third kappa shape index (κ3) is 3.46. The smallest absolute Gasteiger partial charge is 0.123 e. The van der Waals surface area contributed by atoms with E-state index in [0.29, 0.717) is 6.04 Å². The lowest BCUT2D eigenvalue weighted by molar-refractivity contribution is 0.0872. The van der Waals surface area contributed by atoms with Gasteiger partial charge in [0.05, 0.1) is 0 Å². The first-order chi connectivity index (χ1) is 10.0. The Morgan fingerprint density at radius 1 is 1.33 bits per heavy atom. The standard InChI is InChI=1S/C18H29FN2/c1-5-18(3,21-10-6-7-11-21)17(20-4)13-15-12-16(19)9-8-14(15)2/h8-9,12,17,20H,5-7,10-11,13H2,1-4H3. The summed E-state index contributed by atoms with van der Waals surface area (Å²) in [5, 5.41) is 3.50. The molecule has 0 spiro atoms. The van der Waals surface area contributed by atoms with Crippen LogP contribution in [0.3, 0.4) is 0 Å². The second-order valence-electron chi connectivity index (χ2n) is 6.52. The molecule has 1 aromatic carbocycles. The number of nitrogens with one attached hydrogen (secondary N) is 1. The van der Waals surface area contributed by atoms with Crippen molar-refractivity contribution in [2.45, 2.75) is 58.0 Å². The van der Waals surface area contributed by atoms with E-state index in [-0.39, 0.29) is 11.4 Å². The third-order valence-corrected chi connectivity index (χ3v) is 5.38. The molecule has 118 valence electrons. The maximum atomic E-state index is 13.6. The predicted molar refractivity (Wildman–Crippen MR) is 87.2 cm³/mol. The molecule has 0 bridgehead atoms. The molecule has 2 rings (SSSR count). The SMILES string of the molecule is CCC(C)(C(Cc1cc(F)ccc1C)NC)N1CCCC1. The second kappa shape index (κ2) is 6.89. The van der Waals surface area contributed by atoms with Crippen molar-refractivity contribution in [1.82, 2.24) is 10.2 Å². The van der Waals surface area contributed by atoms with Crippen LogP contribution < -0.4 is 5.32 Å². The van der Waals surface area contributed by atoms with Crippen LogP contribution in [0, 0.1) is 12.7 Å². The van der Waals surface area contributed by atoms with E-state index >= 15 is 0 Å². The minimum atomic E-state index is -0.134. The fourth-order valence-electron chi connectivity index (χ4n) is 3.63. The van der Waals surface area contributed by atoms with E-state index in [1.165, 1.54) is 31.5 Å². The maximum absolute atomic E-state index is 13.6. The van der Waals surface area contributed by atoms with Crippen molar-refractivity contribution in [3.63, 3.8) is 0 Å². The molecule has 1 aliphatic heterocycles. The molecule has 2 nitrogen and oxygen atoms in total. The van der Waals surface area contributed by atoms with Gasteiger partial charge in [-0.1, -0.05) is 13.0 Å². The Morgan fingerprint density at radius 3 is 2.57 bits per heavy atom. The van der Waals surface area contributed by atoms with Gasteiger partial charge in [0.25, 0.3) is 0 Å². The summed E-state index contributed by atoms with van der Waals surface area (Å²) in [6.45, 7) is 9.06. The van der Waals surface area contributed by atoms with Gasteiger partial charge in [0.15, 0.2) is 0 Å². The van der Waals surface area contributed by atoms with Crippen LogP contribution in [0.1, 0.15) is 44.2 Å². The van der Waals surface area contributed by atoms with E-state index in [1.807, 2.05) is 13.1 Å². The van der Waals surface area contributed by atoms with E-state index in [4.69, 9.17) is 0 Å². The van der Waals surface area contributed by atoms with Gasteiger partial charge in [-0.3, -0.25) is 4.90 Å². The molecule has 0 saturated carbocycles. The van der Waals surface area contributed by atoms with E-state index in [2.05, 4.69) is 31.0 Å². The molecule has 2 atom stereocenters. The highest BCUT2D eigenvalue weighted by Gasteiger charge is 2.38. The maximum Gasteiger partial charge on any atom is 0.123 e. The van der Waals surface area contributed by atoms with Crippen LogP contribution >= 0.6 is 0 Å². The molecular weight excluding hydrogens is 263 g/mol. The van der Waals surface area contributed by atoms with Crippen LogP contribution in [-0.2, 0) is 6.42 Å².